The first-order valence-electron chi connectivity index (χ1n) is 5.05. The lowest BCUT2D eigenvalue weighted by Crippen LogP contribution is -2.04. The number of hydrogen-bond acceptors (Lipinski definition) is 2. The Morgan fingerprint density at radius 2 is 1.85 bits per heavy atom. The molecule has 13 heavy (non-hydrogen) atoms. The van der Waals surface area contributed by atoms with Gasteiger partial charge < -0.3 is 4.74 Å². The highest BCUT2D eigenvalue weighted by Crippen LogP contribution is 2.00. The zero-order valence-electron chi connectivity index (χ0n) is 8.38. The van der Waals surface area contributed by atoms with Gasteiger partial charge in [-0.1, -0.05) is 13.3 Å². The second-order valence-electron chi connectivity index (χ2n) is 3.09. The minimum Gasteiger partial charge on any atom is -0.466 e. The summed E-state index contributed by atoms with van der Waals surface area (Å²) in [5.41, 5.74) is 0. The van der Waals surface area contributed by atoms with Crippen molar-refractivity contribution in [3.8, 4) is 0 Å². The van der Waals surface area contributed by atoms with Gasteiger partial charge in [0.25, 0.3) is 0 Å². The second-order valence-corrected chi connectivity index (χ2v) is 3.09. The van der Waals surface area contributed by atoms with E-state index in [9.17, 15) is 9.90 Å². The Bertz CT molecular complexity index is 123. The summed E-state index contributed by atoms with van der Waals surface area (Å²) in [6.07, 6.45) is 4.92. The van der Waals surface area contributed by atoms with E-state index in [4.69, 9.17) is 4.74 Å². The first-order valence-corrected chi connectivity index (χ1v) is 5.05. The van der Waals surface area contributed by atoms with E-state index in [1.165, 1.54) is 0 Å². The molecule has 3 heteroatoms. The SMILES string of the molecule is CCCC(=O)OCCCCCC[O]. The van der Waals surface area contributed by atoms with Crippen LogP contribution >= 0.6 is 0 Å². The molecule has 0 aromatic rings. The zero-order valence-corrected chi connectivity index (χ0v) is 8.38. The molecule has 0 atom stereocenters. The number of rotatable bonds is 8. The molecule has 0 aliphatic carbocycles. The third-order valence-electron chi connectivity index (χ3n) is 1.76. The van der Waals surface area contributed by atoms with Gasteiger partial charge in [-0.15, -0.1) is 0 Å². The Balaban J connectivity index is 3.02. The lowest BCUT2D eigenvalue weighted by molar-refractivity contribution is -0.143. The number of esters is 1. The average Bonchev–Trinajstić information content (AvgIpc) is 2.11. The summed E-state index contributed by atoms with van der Waals surface area (Å²) in [4.78, 5) is 10.9. The predicted molar refractivity (Wildman–Crippen MR) is 49.9 cm³/mol. The number of carbonyl (C=O) groups is 1. The third-order valence-corrected chi connectivity index (χ3v) is 1.76. The fraction of sp³-hybridized carbons (Fsp3) is 0.900. The summed E-state index contributed by atoms with van der Waals surface area (Å²) in [6.45, 7) is 2.48. The Labute approximate surface area is 80.1 Å². The molecule has 0 heterocycles. The maximum absolute atomic E-state index is 10.9. The minimum atomic E-state index is -0.105. The number of ether oxygens (including phenoxy) is 1. The first kappa shape index (κ1) is 12.4. The summed E-state index contributed by atoms with van der Waals surface area (Å²) < 4.78 is 4.95. The molecule has 0 aliphatic rings. The molecule has 0 spiro atoms. The van der Waals surface area contributed by atoms with E-state index in [0.717, 1.165) is 32.1 Å². The summed E-state index contributed by atoms with van der Waals surface area (Å²) in [7, 11) is 0. The molecule has 1 radical (unpaired) electrons. The van der Waals surface area contributed by atoms with Crippen molar-refractivity contribution >= 4 is 5.97 Å². The van der Waals surface area contributed by atoms with E-state index in [2.05, 4.69) is 0 Å². The smallest absolute Gasteiger partial charge is 0.305 e. The van der Waals surface area contributed by atoms with Crippen LogP contribution in [0.25, 0.3) is 0 Å². The molecule has 0 rings (SSSR count). The molecule has 0 amide bonds. The third kappa shape index (κ3) is 9.34. The largest absolute Gasteiger partial charge is 0.466 e. The average molecular weight is 187 g/mol. The topological polar surface area (TPSA) is 46.2 Å². The van der Waals surface area contributed by atoms with Crippen LogP contribution < -0.4 is 0 Å². The number of hydrogen-bond donors (Lipinski definition) is 0. The molecular formula is C10H19O3. The maximum Gasteiger partial charge on any atom is 0.305 e. The van der Waals surface area contributed by atoms with Crippen molar-refractivity contribution in [1.29, 1.82) is 0 Å². The lowest BCUT2D eigenvalue weighted by Gasteiger charge is -2.02. The van der Waals surface area contributed by atoms with Gasteiger partial charge in [0.1, 0.15) is 0 Å². The van der Waals surface area contributed by atoms with Gasteiger partial charge in [0.2, 0.25) is 0 Å². The van der Waals surface area contributed by atoms with Crippen molar-refractivity contribution in [1.82, 2.24) is 0 Å². The van der Waals surface area contributed by atoms with E-state index in [1.54, 1.807) is 0 Å². The molecule has 0 fully saturated rings. The predicted octanol–water partition coefficient (Wildman–Crippen LogP) is 2.32. The molecule has 3 nitrogen and oxygen atoms in total. The van der Waals surface area contributed by atoms with Gasteiger partial charge in [0, 0.05) is 6.42 Å². The van der Waals surface area contributed by atoms with Crippen LogP contribution in [0.3, 0.4) is 0 Å². The standard InChI is InChI=1S/C10H19O3/c1-2-7-10(12)13-9-6-4-3-5-8-11/h2-9H2,1H3. The monoisotopic (exact) mass is 187 g/mol. The highest BCUT2D eigenvalue weighted by molar-refractivity contribution is 5.69. The van der Waals surface area contributed by atoms with E-state index in [0.29, 0.717) is 13.0 Å². The number of carbonyl (C=O) groups excluding carboxylic acids is 1. The zero-order chi connectivity index (χ0) is 9.94. The molecule has 0 unspecified atom stereocenters. The van der Waals surface area contributed by atoms with Crippen molar-refractivity contribution in [3.05, 3.63) is 0 Å². The Hall–Kier alpha value is -0.570. The molecule has 0 saturated carbocycles. The van der Waals surface area contributed by atoms with E-state index in [-0.39, 0.29) is 12.6 Å². The molecule has 0 aromatic heterocycles. The van der Waals surface area contributed by atoms with Crippen LogP contribution in [0.5, 0.6) is 0 Å². The van der Waals surface area contributed by atoms with Crippen LogP contribution in [0.4, 0.5) is 0 Å². The van der Waals surface area contributed by atoms with Crippen LogP contribution in [-0.2, 0) is 14.6 Å². The van der Waals surface area contributed by atoms with Gasteiger partial charge in [-0.3, -0.25) is 4.79 Å². The molecule has 0 saturated heterocycles. The van der Waals surface area contributed by atoms with Gasteiger partial charge in [0.15, 0.2) is 0 Å². The van der Waals surface area contributed by atoms with Crippen molar-refractivity contribution in [2.75, 3.05) is 13.2 Å². The fourth-order valence-corrected chi connectivity index (χ4v) is 1.02. The summed E-state index contributed by atoms with van der Waals surface area (Å²) in [5, 5.41) is 10.1. The Morgan fingerprint density at radius 1 is 1.15 bits per heavy atom. The molecule has 0 N–H and O–H groups in total. The van der Waals surface area contributed by atoms with Gasteiger partial charge in [-0.05, 0) is 25.7 Å². The number of unbranched alkanes of at least 4 members (excludes halogenated alkanes) is 3. The summed E-state index contributed by atoms with van der Waals surface area (Å²) in [6, 6.07) is 0. The Morgan fingerprint density at radius 3 is 2.46 bits per heavy atom. The van der Waals surface area contributed by atoms with Gasteiger partial charge in [-0.2, -0.15) is 0 Å². The van der Waals surface area contributed by atoms with Gasteiger partial charge >= 0.3 is 5.97 Å². The quantitative estimate of drug-likeness (QED) is 0.432. The van der Waals surface area contributed by atoms with Gasteiger partial charge in [0.05, 0.1) is 13.2 Å². The van der Waals surface area contributed by atoms with Crippen molar-refractivity contribution < 1.29 is 14.6 Å². The first-order chi connectivity index (χ1) is 6.31. The van der Waals surface area contributed by atoms with Crippen LogP contribution in [-0.4, -0.2) is 19.2 Å². The molecule has 0 aliphatic heterocycles. The second kappa shape index (κ2) is 9.52. The molecular weight excluding hydrogens is 168 g/mol. The Kier molecular flexibility index (Phi) is 9.10. The minimum absolute atomic E-state index is 0.00955. The molecule has 0 aromatic carbocycles. The molecule has 77 valence electrons. The van der Waals surface area contributed by atoms with E-state index >= 15 is 0 Å². The normalized spacial score (nSPS) is 10.0. The van der Waals surface area contributed by atoms with E-state index < -0.39 is 0 Å². The summed E-state index contributed by atoms with van der Waals surface area (Å²) >= 11 is 0. The highest BCUT2D eigenvalue weighted by Gasteiger charge is 1.99. The highest BCUT2D eigenvalue weighted by atomic mass is 16.5. The van der Waals surface area contributed by atoms with Crippen molar-refractivity contribution in [3.63, 3.8) is 0 Å². The van der Waals surface area contributed by atoms with Crippen LogP contribution in [0.15, 0.2) is 0 Å². The lowest BCUT2D eigenvalue weighted by atomic mass is 10.2. The van der Waals surface area contributed by atoms with Crippen LogP contribution in [0.2, 0.25) is 0 Å². The summed E-state index contributed by atoms with van der Waals surface area (Å²) in [5.74, 6) is -0.105. The fourth-order valence-electron chi connectivity index (χ4n) is 1.02. The van der Waals surface area contributed by atoms with Gasteiger partial charge in [-0.25, -0.2) is 5.11 Å². The van der Waals surface area contributed by atoms with Crippen LogP contribution in [0, 0.1) is 0 Å². The molecule has 0 bridgehead atoms. The van der Waals surface area contributed by atoms with Crippen molar-refractivity contribution in [2.24, 2.45) is 0 Å². The van der Waals surface area contributed by atoms with Crippen molar-refractivity contribution in [2.45, 2.75) is 45.4 Å². The van der Waals surface area contributed by atoms with Crippen LogP contribution in [0.1, 0.15) is 45.4 Å². The maximum atomic E-state index is 10.9. The van der Waals surface area contributed by atoms with E-state index in [1.807, 2.05) is 6.92 Å².